The molecule has 0 unspecified atom stereocenters. The van der Waals surface area contributed by atoms with Crippen molar-refractivity contribution in [2.45, 2.75) is 43.0 Å². The summed E-state index contributed by atoms with van der Waals surface area (Å²) < 4.78 is 0. The number of halogens is 1. The Bertz CT molecular complexity index is 522. The van der Waals surface area contributed by atoms with Gasteiger partial charge in [0.15, 0.2) is 5.97 Å². The van der Waals surface area contributed by atoms with Gasteiger partial charge in [-0.2, -0.15) is 0 Å². The molecule has 0 bridgehead atoms. The van der Waals surface area contributed by atoms with Gasteiger partial charge in [-0.1, -0.05) is 17.7 Å². The summed E-state index contributed by atoms with van der Waals surface area (Å²) in [5, 5.41) is 18.7. The molecule has 0 radical (unpaired) electrons. The molecular formula is C15H21ClN2O4S. The summed E-state index contributed by atoms with van der Waals surface area (Å²) in [6, 6.07) is 6.62. The minimum atomic E-state index is -2.07. The molecule has 0 aliphatic carbocycles. The number of hydrogen-bond acceptors (Lipinski definition) is 5. The molecule has 0 atom stereocenters. The average molecular weight is 361 g/mol. The molecule has 0 aromatic carbocycles. The van der Waals surface area contributed by atoms with Crippen LogP contribution in [0.15, 0.2) is 23.2 Å². The van der Waals surface area contributed by atoms with Gasteiger partial charge in [0.1, 0.15) is 5.15 Å². The second kappa shape index (κ2) is 9.75. The molecule has 23 heavy (non-hydrogen) atoms. The van der Waals surface area contributed by atoms with Crippen molar-refractivity contribution in [3.05, 3.63) is 23.4 Å². The Kier molecular flexibility index (Phi) is 8.36. The van der Waals surface area contributed by atoms with Crippen LogP contribution < -0.4 is 10.0 Å². The van der Waals surface area contributed by atoms with E-state index in [4.69, 9.17) is 31.4 Å². The molecule has 6 nitrogen and oxygen atoms in total. The van der Waals surface area contributed by atoms with Crippen LogP contribution in [0.1, 0.15) is 26.7 Å². The summed E-state index contributed by atoms with van der Waals surface area (Å²) in [4.78, 5) is 24.1. The van der Waals surface area contributed by atoms with E-state index in [0.717, 1.165) is 11.1 Å². The number of aliphatic carboxylic acids is 2. The van der Waals surface area contributed by atoms with Crippen LogP contribution in [0, 0.1) is 0 Å². The molecule has 0 spiro atoms. The fraction of sp³-hybridized carbons (Fsp3) is 0.533. The first-order chi connectivity index (χ1) is 10.8. The fourth-order valence-corrected chi connectivity index (χ4v) is 3.62. The Morgan fingerprint density at radius 2 is 1.96 bits per heavy atom. The van der Waals surface area contributed by atoms with Crippen LogP contribution >= 0.6 is 23.4 Å². The number of quaternary nitrogens is 1. The zero-order valence-corrected chi connectivity index (χ0v) is 14.7. The minimum Gasteiger partial charge on any atom is -0.539 e. The van der Waals surface area contributed by atoms with E-state index in [1.165, 1.54) is 25.9 Å². The number of likely N-dealkylation sites (tertiary alicyclic amines) is 1. The maximum absolute atomic E-state index is 9.04. The van der Waals surface area contributed by atoms with E-state index < -0.39 is 11.9 Å². The van der Waals surface area contributed by atoms with Crippen LogP contribution in [0.4, 0.5) is 0 Å². The molecule has 8 heteroatoms. The van der Waals surface area contributed by atoms with Crippen LogP contribution in [-0.4, -0.2) is 46.4 Å². The monoisotopic (exact) mass is 360 g/mol. The second-order valence-electron chi connectivity index (χ2n) is 5.52. The fourth-order valence-electron chi connectivity index (χ4n) is 2.28. The highest BCUT2D eigenvalue weighted by Gasteiger charge is 2.24. The van der Waals surface area contributed by atoms with Crippen molar-refractivity contribution in [1.82, 2.24) is 4.98 Å². The topological polar surface area (TPSA) is 94.8 Å². The second-order valence-corrected chi connectivity index (χ2v) is 7.23. The molecule has 1 saturated heterocycles. The lowest BCUT2D eigenvalue weighted by Gasteiger charge is -2.31. The Balaban J connectivity index is 0.000000379. The largest absolute Gasteiger partial charge is 0.539 e. The van der Waals surface area contributed by atoms with E-state index >= 15 is 0 Å². The SMILES string of the molecule is CC(C)[NH+]1CCC(Sc2cccc(Cl)n2)CC1.O=C([O-])C(=O)O. The molecule has 1 aromatic rings. The highest BCUT2D eigenvalue weighted by molar-refractivity contribution is 7.99. The number of rotatable bonds is 3. The van der Waals surface area contributed by atoms with E-state index in [-0.39, 0.29) is 0 Å². The van der Waals surface area contributed by atoms with Gasteiger partial charge in [0, 0.05) is 18.1 Å². The van der Waals surface area contributed by atoms with Gasteiger partial charge >= 0.3 is 5.97 Å². The molecule has 1 aromatic heterocycles. The molecule has 1 aliphatic heterocycles. The lowest BCUT2D eigenvalue weighted by molar-refractivity contribution is -0.925. The number of piperidine rings is 1. The third-order valence-electron chi connectivity index (χ3n) is 3.54. The van der Waals surface area contributed by atoms with Gasteiger partial charge in [-0.05, 0) is 26.0 Å². The van der Waals surface area contributed by atoms with Crippen LogP contribution in [0.5, 0.6) is 0 Å². The Labute approximate surface area is 144 Å². The molecule has 2 N–H and O–H groups in total. The summed E-state index contributed by atoms with van der Waals surface area (Å²) >= 11 is 7.78. The maximum atomic E-state index is 9.04. The number of pyridine rings is 1. The number of aromatic nitrogens is 1. The number of carbonyl (C=O) groups is 2. The number of thioether (sulfide) groups is 1. The van der Waals surface area contributed by atoms with Crippen molar-refractivity contribution in [1.29, 1.82) is 0 Å². The first kappa shape index (κ1) is 19.7. The van der Waals surface area contributed by atoms with Crippen molar-refractivity contribution < 1.29 is 24.7 Å². The molecule has 1 fully saturated rings. The van der Waals surface area contributed by atoms with E-state index in [2.05, 4.69) is 24.9 Å². The van der Waals surface area contributed by atoms with Crippen molar-refractivity contribution >= 4 is 35.3 Å². The highest BCUT2D eigenvalue weighted by Crippen LogP contribution is 2.27. The van der Waals surface area contributed by atoms with Crippen LogP contribution in [-0.2, 0) is 9.59 Å². The minimum absolute atomic E-state index is 0.597. The zero-order valence-electron chi connectivity index (χ0n) is 13.1. The van der Waals surface area contributed by atoms with E-state index in [1.54, 1.807) is 4.90 Å². The summed E-state index contributed by atoms with van der Waals surface area (Å²) in [5.74, 6) is -4.01. The van der Waals surface area contributed by atoms with Gasteiger partial charge in [0.25, 0.3) is 0 Å². The molecule has 2 heterocycles. The lowest BCUT2D eigenvalue weighted by Crippen LogP contribution is -3.16. The number of hydrogen-bond donors (Lipinski definition) is 2. The van der Waals surface area contributed by atoms with Crippen molar-refractivity contribution in [2.24, 2.45) is 0 Å². The van der Waals surface area contributed by atoms with Gasteiger partial charge in [-0.3, -0.25) is 0 Å². The zero-order chi connectivity index (χ0) is 17.4. The van der Waals surface area contributed by atoms with E-state index in [0.29, 0.717) is 10.4 Å². The quantitative estimate of drug-likeness (QED) is 0.586. The molecule has 1 aliphatic rings. The smallest absolute Gasteiger partial charge is 0.351 e. The van der Waals surface area contributed by atoms with Gasteiger partial charge in [0.2, 0.25) is 0 Å². The van der Waals surface area contributed by atoms with Crippen molar-refractivity contribution in [3.8, 4) is 0 Å². The molecule has 0 amide bonds. The van der Waals surface area contributed by atoms with Gasteiger partial charge in [-0.15, -0.1) is 11.8 Å². The van der Waals surface area contributed by atoms with E-state index in [9.17, 15) is 0 Å². The molecule has 2 rings (SSSR count). The van der Waals surface area contributed by atoms with Crippen molar-refractivity contribution in [3.63, 3.8) is 0 Å². The van der Waals surface area contributed by atoms with Crippen LogP contribution in [0.2, 0.25) is 5.15 Å². The number of carboxylic acid groups (broad SMARTS) is 2. The highest BCUT2D eigenvalue weighted by atomic mass is 35.5. The predicted molar refractivity (Wildman–Crippen MR) is 86.6 cm³/mol. The number of carboxylic acids is 2. The van der Waals surface area contributed by atoms with E-state index in [1.807, 2.05) is 23.9 Å². The average Bonchev–Trinajstić information content (AvgIpc) is 2.48. The van der Waals surface area contributed by atoms with Crippen molar-refractivity contribution in [2.75, 3.05) is 13.1 Å². The summed E-state index contributed by atoms with van der Waals surface area (Å²) in [5.41, 5.74) is 0. The third kappa shape index (κ3) is 7.67. The van der Waals surface area contributed by atoms with Gasteiger partial charge in [0.05, 0.1) is 24.2 Å². The number of carbonyl (C=O) groups excluding carboxylic acids is 1. The predicted octanol–water partition coefficient (Wildman–Crippen LogP) is 0.104. The molecular weight excluding hydrogens is 340 g/mol. The normalized spacial score (nSPS) is 20.5. The summed E-state index contributed by atoms with van der Waals surface area (Å²) in [6.07, 6.45) is 2.57. The Hall–Kier alpha value is -1.31. The lowest BCUT2D eigenvalue weighted by atomic mass is 10.1. The maximum Gasteiger partial charge on any atom is 0.351 e. The summed E-state index contributed by atoms with van der Waals surface area (Å²) in [6.45, 7) is 7.19. The van der Waals surface area contributed by atoms with Crippen LogP contribution in [0.25, 0.3) is 0 Å². The Morgan fingerprint density at radius 1 is 1.39 bits per heavy atom. The number of nitrogens with one attached hydrogen (secondary N) is 1. The summed E-state index contributed by atoms with van der Waals surface area (Å²) in [7, 11) is 0. The Morgan fingerprint density at radius 3 is 2.39 bits per heavy atom. The third-order valence-corrected chi connectivity index (χ3v) is 5.03. The first-order valence-corrected chi connectivity index (χ1v) is 8.63. The van der Waals surface area contributed by atoms with Crippen LogP contribution in [0.3, 0.4) is 0 Å². The standard InChI is InChI=1S/C13H19ClN2S.C2H2O4/c1-10(2)16-8-6-11(7-9-16)17-13-5-3-4-12(14)15-13;3-1(4)2(5)6/h3-5,10-11H,6-9H2,1-2H3;(H,3,4)(H,5,6). The molecule has 0 saturated carbocycles. The van der Waals surface area contributed by atoms with Gasteiger partial charge in [-0.25, -0.2) is 9.78 Å². The number of nitrogens with zero attached hydrogens (tertiary/aromatic N) is 1. The van der Waals surface area contributed by atoms with Gasteiger partial charge < -0.3 is 19.9 Å². The molecule has 128 valence electrons. The first-order valence-electron chi connectivity index (χ1n) is 7.37.